The lowest BCUT2D eigenvalue weighted by Crippen LogP contribution is -2.38. The van der Waals surface area contributed by atoms with Gasteiger partial charge in [0.25, 0.3) is 0 Å². The molecule has 0 saturated carbocycles. The van der Waals surface area contributed by atoms with Gasteiger partial charge >= 0.3 is 0 Å². The summed E-state index contributed by atoms with van der Waals surface area (Å²) in [5, 5.41) is 1.68. The van der Waals surface area contributed by atoms with Crippen molar-refractivity contribution in [2.24, 2.45) is 4.99 Å². The van der Waals surface area contributed by atoms with Gasteiger partial charge in [0.15, 0.2) is 15.0 Å². The van der Waals surface area contributed by atoms with E-state index >= 15 is 0 Å². The molecule has 4 nitrogen and oxygen atoms in total. The van der Waals surface area contributed by atoms with E-state index in [0.717, 1.165) is 16.5 Å². The quantitative estimate of drug-likeness (QED) is 0.845. The normalized spacial score (nSPS) is 26.8. The van der Waals surface area contributed by atoms with Gasteiger partial charge in [0.05, 0.1) is 23.6 Å². The summed E-state index contributed by atoms with van der Waals surface area (Å²) in [6.45, 7) is 2.76. The van der Waals surface area contributed by atoms with Crippen molar-refractivity contribution < 1.29 is 8.42 Å². The lowest BCUT2D eigenvalue weighted by atomic mass is 10.1. The molecule has 0 bridgehead atoms. The van der Waals surface area contributed by atoms with Crippen molar-refractivity contribution in [1.29, 1.82) is 0 Å². The highest BCUT2D eigenvalue weighted by molar-refractivity contribution is 8.13. The van der Waals surface area contributed by atoms with Crippen LogP contribution in [0.3, 0.4) is 0 Å². The van der Waals surface area contributed by atoms with Crippen LogP contribution in [-0.4, -0.2) is 47.8 Å². The Labute approximate surface area is 134 Å². The van der Waals surface area contributed by atoms with E-state index in [1.54, 1.807) is 11.8 Å². The van der Waals surface area contributed by atoms with Crippen LogP contribution >= 0.6 is 23.4 Å². The average Bonchev–Trinajstić information content (AvgIpc) is 2.86. The van der Waals surface area contributed by atoms with Gasteiger partial charge in [-0.2, -0.15) is 0 Å². The second kappa shape index (κ2) is 5.82. The van der Waals surface area contributed by atoms with Gasteiger partial charge in [-0.15, -0.1) is 0 Å². The summed E-state index contributed by atoms with van der Waals surface area (Å²) in [6, 6.07) is 7.57. The lowest BCUT2D eigenvalue weighted by molar-refractivity contribution is 0.343. The van der Waals surface area contributed by atoms with Crippen LogP contribution in [-0.2, 0) is 16.4 Å². The Bertz CT molecular complexity index is 658. The highest BCUT2D eigenvalue weighted by atomic mass is 35.5. The van der Waals surface area contributed by atoms with Crippen LogP contribution in [0.5, 0.6) is 0 Å². The molecule has 0 N–H and O–H groups in total. The second-order valence-corrected chi connectivity index (χ2v) is 9.13. The molecule has 1 fully saturated rings. The Kier molecular flexibility index (Phi) is 4.21. The molecule has 2 aliphatic rings. The van der Waals surface area contributed by atoms with Crippen LogP contribution in [0.15, 0.2) is 29.3 Å². The van der Waals surface area contributed by atoms with Gasteiger partial charge in [-0.1, -0.05) is 42.4 Å². The number of amidine groups is 1. The third-order valence-corrected chi connectivity index (χ3v) is 6.59. The fourth-order valence-electron chi connectivity index (χ4n) is 2.81. The lowest BCUT2D eigenvalue weighted by Gasteiger charge is -2.26. The average molecular weight is 345 g/mol. The van der Waals surface area contributed by atoms with Crippen molar-refractivity contribution in [3.8, 4) is 0 Å². The summed E-state index contributed by atoms with van der Waals surface area (Å²) < 4.78 is 23.7. The molecule has 7 heteroatoms. The van der Waals surface area contributed by atoms with Crippen molar-refractivity contribution >= 4 is 38.4 Å². The first-order valence-corrected chi connectivity index (χ1v) is 10.1. The van der Waals surface area contributed by atoms with Gasteiger partial charge in [-0.25, -0.2) is 8.42 Å². The Morgan fingerprint density at radius 2 is 2.05 bits per heavy atom. The first kappa shape index (κ1) is 15.2. The van der Waals surface area contributed by atoms with Crippen LogP contribution in [0, 0.1) is 0 Å². The third-order valence-electron chi connectivity index (χ3n) is 3.76. The number of sulfone groups is 1. The van der Waals surface area contributed by atoms with E-state index in [0.29, 0.717) is 11.6 Å². The summed E-state index contributed by atoms with van der Waals surface area (Å²) in [5.74, 6) is 1.33. The van der Waals surface area contributed by atoms with E-state index in [4.69, 9.17) is 11.6 Å². The standard InChI is InChI=1S/C14H17ClN2O2S2/c1-2-20-14-16-12-8-21(18,19)9-13(12)17(14)7-10-3-5-11(15)6-4-10/h3-6,12-13H,2,7-9H2,1H3. The molecule has 0 aromatic heterocycles. The van der Waals surface area contributed by atoms with Gasteiger partial charge in [0.2, 0.25) is 0 Å². The minimum absolute atomic E-state index is 0.0141. The SMILES string of the molecule is CCSC1=NC2CS(=O)(=O)CC2N1Cc1ccc(Cl)cc1. The Morgan fingerprint density at radius 1 is 1.33 bits per heavy atom. The summed E-state index contributed by atoms with van der Waals surface area (Å²) in [5.41, 5.74) is 1.12. The van der Waals surface area contributed by atoms with E-state index in [-0.39, 0.29) is 23.6 Å². The van der Waals surface area contributed by atoms with Gasteiger partial charge < -0.3 is 4.90 Å². The zero-order valence-corrected chi connectivity index (χ0v) is 14.1. The first-order valence-electron chi connectivity index (χ1n) is 6.90. The molecule has 21 heavy (non-hydrogen) atoms. The van der Waals surface area contributed by atoms with Crippen molar-refractivity contribution in [3.63, 3.8) is 0 Å². The van der Waals surface area contributed by atoms with E-state index in [1.165, 1.54) is 0 Å². The fourth-order valence-corrected chi connectivity index (χ4v) is 5.65. The van der Waals surface area contributed by atoms with Crippen molar-refractivity contribution in [1.82, 2.24) is 4.90 Å². The number of halogens is 1. The zero-order valence-electron chi connectivity index (χ0n) is 11.7. The molecule has 0 spiro atoms. The molecule has 2 unspecified atom stereocenters. The van der Waals surface area contributed by atoms with Crippen molar-refractivity contribution in [2.45, 2.75) is 25.6 Å². The fraction of sp³-hybridized carbons (Fsp3) is 0.500. The molecule has 1 saturated heterocycles. The number of aliphatic imine (C=N–C) groups is 1. The first-order chi connectivity index (χ1) is 9.98. The van der Waals surface area contributed by atoms with Crippen LogP contribution in [0.1, 0.15) is 12.5 Å². The van der Waals surface area contributed by atoms with Gasteiger partial charge in [0, 0.05) is 11.6 Å². The Hall–Kier alpha value is -0.720. The highest BCUT2D eigenvalue weighted by Gasteiger charge is 2.46. The predicted octanol–water partition coefficient (Wildman–Crippen LogP) is 2.43. The van der Waals surface area contributed by atoms with E-state index < -0.39 is 9.84 Å². The molecule has 0 aliphatic carbocycles. The highest BCUT2D eigenvalue weighted by Crippen LogP contribution is 2.32. The number of fused-ring (bicyclic) bond motifs is 1. The monoisotopic (exact) mass is 344 g/mol. The maximum atomic E-state index is 11.8. The van der Waals surface area contributed by atoms with Crippen LogP contribution in [0.4, 0.5) is 0 Å². The summed E-state index contributed by atoms with van der Waals surface area (Å²) >= 11 is 7.59. The minimum atomic E-state index is -2.95. The number of benzene rings is 1. The predicted molar refractivity (Wildman–Crippen MR) is 88.8 cm³/mol. The molecule has 3 rings (SSSR count). The molecule has 2 heterocycles. The molecule has 0 radical (unpaired) electrons. The summed E-state index contributed by atoms with van der Waals surface area (Å²) in [7, 11) is -2.95. The molecule has 2 atom stereocenters. The molecule has 1 aromatic carbocycles. The van der Waals surface area contributed by atoms with E-state index in [2.05, 4.69) is 16.8 Å². The number of thioether (sulfide) groups is 1. The maximum Gasteiger partial charge on any atom is 0.160 e. The molecule has 114 valence electrons. The maximum absolute atomic E-state index is 11.8. The number of rotatable bonds is 3. The van der Waals surface area contributed by atoms with Gasteiger partial charge in [-0.05, 0) is 23.4 Å². The Morgan fingerprint density at radius 3 is 2.71 bits per heavy atom. The topological polar surface area (TPSA) is 49.7 Å². The molecule has 1 aromatic rings. The van der Waals surface area contributed by atoms with E-state index in [9.17, 15) is 8.42 Å². The van der Waals surface area contributed by atoms with Crippen molar-refractivity contribution in [2.75, 3.05) is 17.3 Å². The summed E-state index contributed by atoms with van der Waals surface area (Å²) in [6.07, 6.45) is 0. The van der Waals surface area contributed by atoms with Gasteiger partial charge in [0.1, 0.15) is 0 Å². The third kappa shape index (κ3) is 3.22. The summed E-state index contributed by atoms with van der Waals surface area (Å²) in [4.78, 5) is 6.78. The Balaban J connectivity index is 1.83. The zero-order chi connectivity index (χ0) is 15.0. The molecule has 0 amide bonds. The minimum Gasteiger partial charge on any atom is -0.341 e. The van der Waals surface area contributed by atoms with Gasteiger partial charge in [-0.3, -0.25) is 4.99 Å². The second-order valence-electron chi connectivity index (χ2n) is 5.31. The van der Waals surface area contributed by atoms with Crippen LogP contribution < -0.4 is 0 Å². The molecular weight excluding hydrogens is 328 g/mol. The largest absolute Gasteiger partial charge is 0.341 e. The van der Waals surface area contributed by atoms with Crippen molar-refractivity contribution in [3.05, 3.63) is 34.9 Å². The van der Waals surface area contributed by atoms with Crippen LogP contribution in [0.2, 0.25) is 5.02 Å². The smallest absolute Gasteiger partial charge is 0.160 e. The molecule has 2 aliphatic heterocycles. The molecular formula is C14H17ClN2O2S2. The van der Waals surface area contributed by atoms with Crippen LogP contribution in [0.25, 0.3) is 0 Å². The number of hydrogen-bond donors (Lipinski definition) is 0. The number of nitrogens with zero attached hydrogens (tertiary/aromatic N) is 2. The number of hydrogen-bond acceptors (Lipinski definition) is 5. The van der Waals surface area contributed by atoms with E-state index in [1.807, 2.05) is 24.3 Å².